The van der Waals surface area contributed by atoms with Crippen LogP contribution in [0.15, 0.2) is 18.2 Å². The van der Waals surface area contributed by atoms with E-state index in [0.29, 0.717) is 23.8 Å². The SMILES string of the molecule is CNC(C)c1c(F)cccc1OCCCC(C)C. The van der Waals surface area contributed by atoms with Gasteiger partial charge in [0.15, 0.2) is 0 Å². The van der Waals surface area contributed by atoms with Crippen molar-refractivity contribution >= 4 is 0 Å². The number of ether oxygens (including phenoxy) is 1. The van der Waals surface area contributed by atoms with E-state index in [4.69, 9.17) is 4.74 Å². The van der Waals surface area contributed by atoms with Gasteiger partial charge in [-0.2, -0.15) is 0 Å². The summed E-state index contributed by atoms with van der Waals surface area (Å²) in [5.74, 6) is 1.12. The van der Waals surface area contributed by atoms with Gasteiger partial charge in [-0.1, -0.05) is 19.9 Å². The Labute approximate surface area is 110 Å². The highest BCUT2D eigenvalue weighted by atomic mass is 19.1. The lowest BCUT2D eigenvalue weighted by atomic mass is 10.1. The maximum atomic E-state index is 13.8. The molecule has 0 heterocycles. The highest BCUT2D eigenvalue weighted by Gasteiger charge is 2.15. The average Bonchev–Trinajstić information content (AvgIpc) is 2.33. The van der Waals surface area contributed by atoms with Crippen LogP contribution in [-0.4, -0.2) is 13.7 Å². The highest BCUT2D eigenvalue weighted by Crippen LogP contribution is 2.27. The summed E-state index contributed by atoms with van der Waals surface area (Å²) in [6.45, 7) is 6.96. The summed E-state index contributed by atoms with van der Waals surface area (Å²) in [7, 11) is 1.82. The minimum atomic E-state index is -0.210. The number of hydrogen-bond donors (Lipinski definition) is 1. The topological polar surface area (TPSA) is 21.3 Å². The zero-order chi connectivity index (χ0) is 13.5. The number of halogens is 1. The highest BCUT2D eigenvalue weighted by molar-refractivity contribution is 5.36. The largest absolute Gasteiger partial charge is 0.493 e. The van der Waals surface area contributed by atoms with Gasteiger partial charge in [0.1, 0.15) is 11.6 Å². The molecule has 0 aliphatic rings. The molecule has 1 N–H and O–H groups in total. The summed E-state index contributed by atoms with van der Waals surface area (Å²) in [5, 5.41) is 3.05. The van der Waals surface area contributed by atoms with Gasteiger partial charge < -0.3 is 10.1 Å². The first-order chi connectivity index (χ1) is 8.56. The van der Waals surface area contributed by atoms with Gasteiger partial charge in [-0.05, 0) is 44.9 Å². The van der Waals surface area contributed by atoms with Crippen molar-refractivity contribution in [1.29, 1.82) is 0 Å². The summed E-state index contributed by atoms with van der Waals surface area (Å²) in [5.41, 5.74) is 0.615. The van der Waals surface area contributed by atoms with Gasteiger partial charge in [0.05, 0.1) is 6.61 Å². The molecule has 0 saturated heterocycles. The number of nitrogens with one attached hydrogen (secondary N) is 1. The summed E-state index contributed by atoms with van der Waals surface area (Å²) >= 11 is 0. The Hall–Kier alpha value is -1.09. The van der Waals surface area contributed by atoms with Crippen LogP contribution in [-0.2, 0) is 0 Å². The van der Waals surface area contributed by atoms with Crippen molar-refractivity contribution in [3.8, 4) is 5.75 Å². The van der Waals surface area contributed by atoms with Crippen LogP contribution in [0.1, 0.15) is 45.2 Å². The summed E-state index contributed by atoms with van der Waals surface area (Å²) < 4.78 is 19.5. The van der Waals surface area contributed by atoms with Crippen LogP contribution < -0.4 is 10.1 Å². The molecule has 0 aliphatic carbocycles. The smallest absolute Gasteiger partial charge is 0.131 e. The van der Waals surface area contributed by atoms with E-state index < -0.39 is 0 Å². The van der Waals surface area contributed by atoms with Crippen LogP contribution in [0.2, 0.25) is 0 Å². The van der Waals surface area contributed by atoms with E-state index in [2.05, 4.69) is 19.2 Å². The Balaban J connectivity index is 2.67. The molecule has 0 bridgehead atoms. The molecule has 1 rings (SSSR count). The lowest BCUT2D eigenvalue weighted by Gasteiger charge is -2.17. The van der Waals surface area contributed by atoms with Gasteiger partial charge in [0.25, 0.3) is 0 Å². The third-order valence-electron chi connectivity index (χ3n) is 3.06. The molecule has 1 atom stereocenters. The Bertz CT molecular complexity index is 366. The Morgan fingerprint density at radius 3 is 2.61 bits per heavy atom. The predicted molar refractivity (Wildman–Crippen MR) is 73.4 cm³/mol. The van der Waals surface area contributed by atoms with E-state index in [1.54, 1.807) is 6.07 Å². The second-order valence-electron chi connectivity index (χ2n) is 5.05. The molecule has 1 aromatic rings. The van der Waals surface area contributed by atoms with E-state index in [1.807, 2.05) is 20.0 Å². The van der Waals surface area contributed by atoms with Gasteiger partial charge in [-0.15, -0.1) is 0 Å². The maximum Gasteiger partial charge on any atom is 0.131 e. The van der Waals surface area contributed by atoms with Crippen molar-refractivity contribution in [3.05, 3.63) is 29.6 Å². The predicted octanol–water partition coefficient (Wildman–Crippen LogP) is 3.92. The summed E-state index contributed by atoms with van der Waals surface area (Å²) in [6, 6.07) is 4.96. The van der Waals surface area contributed by atoms with E-state index in [1.165, 1.54) is 6.07 Å². The van der Waals surface area contributed by atoms with Crippen LogP contribution in [0.5, 0.6) is 5.75 Å². The monoisotopic (exact) mass is 253 g/mol. The van der Waals surface area contributed by atoms with Crippen LogP contribution >= 0.6 is 0 Å². The van der Waals surface area contributed by atoms with Crippen LogP contribution in [0.25, 0.3) is 0 Å². The second-order valence-corrected chi connectivity index (χ2v) is 5.05. The molecule has 2 nitrogen and oxygen atoms in total. The van der Waals surface area contributed by atoms with Crippen molar-refractivity contribution in [3.63, 3.8) is 0 Å². The molecule has 18 heavy (non-hydrogen) atoms. The van der Waals surface area contributed by atoms with E-state index in [-0.39, 0.29) is 11.9 Å². The standard InChI is InChI=1S/C15H24FNO/c1-11(2)7-6-10-18-14-9-5-8-13(16)15(14)12(3)17-4/h5,8-9,11-12,17H,6-7,10H2,1-4H3. The Morgan fingerprint density at radius 2 is 2.00 bits per heavy atom. The van der Waals surface area contributed by atoms with Gasteiger partial charge in [-0.3, -0.25) is 0 Å². The molecule has 0 saturated carbocycles. The fraction of sp³-hybridized carbons (Fsp3) is 0.600. The van der Waals surface area contributed by atoms with Crippen molar-refractivity contribution in [2.24, 2.45) is 5.92 Å². The minimum absolute atomic E-state index is 0.0497. The van der Waals surface area contributed by atoms with E-state index in [0.717, 1.165) is 12.8 Å². The molecule has 0 amide bonds. The molecule has 102 valence electrons. The minimum Gasteiger partial charge on any atom is -0.493 e. The number of rotatable bonds is 7. The second kappa shape index (κ2) is 7.37. The van der Waals surface area contributed by atoms with Crippen LogP contribution in [0.4, 0.5) is 4.39 Å². The van der Waals surface area contributed by atoms with Crippen molar-refractivity contribution in [2.75, 3.05) is 13.7 Å². The zero-order valence-electron chi connectivity index (χ0n) is 11.8. The van der Waals surface area contributed by atoms with Crippen molar-refractivity contribution in [2.45, 2.75) is 39.7 Å². The third kappa shape index (κ3) is 4.30. The molecule has 3 heteroatoms. The van der Waals surface area contributed by atoms with Gasteiger partial charge in [0, 0.05) is 11.6 Å². The maximum absolute atomic E-state index is 13.8. The molecular weight excluding hydrogens is 229 g/mol. The molecular formula is C15H24FNO. The van der Waals surface area contributed by atoms with Gasteiger partial charge in [-0.25, -0.2) is 4.39 Å². The van der Waals surface area contributed by atoms with E-state index in [9.17, 15) is 4.39 Å². The first-order valence-corrected chi connectivity index (χ1v) is 6.64. The van der Waals surface area contributed by atoms with Crippen molar-refractivity contribution < 1.29 is 9.13 Å². The lowest BCUT2D eigenvalue weighted by molar-refractivity contribution is 0.290. The summed E-state index contributed by atoms with van der Waals surface area (Å²) in [6.07, 6.45) is 2.13. The normalized spacial score (nSPS) is 12.8. The lowest BCUT2D eigenvalue weighted by Crippen LogP contribution is -2.15. The first-order valence-electron chi connectivity index (χ1n) is 6.64. The Morgan fingerprint density at radius 1 is 1.28 bits per heavy atom. The average molecular weight is 253 g/mol. The zero-order valence-corrected chi connectivity index (χ0v) is 11.8. The number of benzene rings is 1. The molecule has 0 aliphatic heterocycles. The van der Waals surface area contributed by atoms with Crippen LogP contribution in [0.3, 0.4) is 0 Å². The fourth-order valence-electron chi connectivity index (χ4n) is 1.88. The molecule has 1 unspecified atom stereocenters. The number of hydrogen-bond acceptors (Lipinski definition) is 2. The molecule has 0 spiro atoms. The summed E-state index contributed by atoms with van der Waals surface area (Å²) in [4.78, 5) is 0. The fourth-order valence-corrected chi connectivity index (χ4v) is 1.88. The molecule has 0 fully saturated rings. The Kier molecular flexibility index (Phi) is 6.13. The van der Waals surface area contributed by atoms with Crippen LogP contribution in [0, 0.1) is 11.7 Å². The van der Waals surface area contributed by atoms with Gasteiger partial charge >= 0.3 is 0 Å². The van der Waals surface area contributed by atoms with E-state index >= 15 is 0 Å². The molecule has 0 radical (unpaired) electrons. The molecule has 1 aromatic carbocycles. The quantitative estimate of drug-likeness (QED) is 0.744. The van der Waals surface area contributed by atoms with Gasteiger partial charge in [0.2, 0.25) is 0 Å². The third-order valence-corrected chi connectivity index (χ3v) is 3.06. The molecule has 0 aromatic heterocycles. The van der Waals surface area contributed by atoms with Crippen molar-refractivity contribution in [1.82, 2.24) is 5.32 Å². The first kappa shape index (κ1) is 15.0.